The smallest absolute Gasteiger partial charge is 0.196 e. The van der Waals surface area contributed by atoms with Crippen LogP contribution in [0.3, 0.4) is 0 Å². The number of nitrogens with two attached hydrogens (primary N) is 1. The van der Waals surface area contributed by atoms with Crippen molar-refractivity contribution in [1.82, 2.24) is 15.0 Å². The Balaban J connectivity index is 2.49. The largest absolute Gasteiger partial charge is 0.323 e. The van der Waals surface area contributed by atoms with Crippen LogP contribution in [0.25, 0.3) is 5.69 Å². The number of aromatic nitrogens is 3. The Hall–Kier alpha value is -1.89. The van der Waals surface area contributed by atoms with Crippen LogP contribution >= 0.6 is 0 Å². The van der Waals surface area contributed by atoms with Gasteiger partial charge < -0.3 is 5.73 Å². The molecular weight excluding hydrogens is 233 g/mol. The summed E-state index contributed by atoms with van der Waals surface area (Å²) >= 11 is 0. The van der Waals surface area contributed by atoms with Crippen LogP contribution < -0.4 is 5.73 Å². The molecule has 90 valence electrons. The first-order valence-corrected chi connectivity index (χ1v) is 4.82. The van der Waals surface area contributed by atoms with Crippen LogP contribution in [0.1, 0.15) is 18.7 Å². The molecule has 0 aliphatic heterocycles. The highest BCUT2D eigenvalue weighted by molar-refractivity contribution is 5.33. The molecule has 1 aromatic carbocycles. The maximum Gasteiger partial charge on any atom is 0.196 e. The number of halogens is 3. The fourth-order valence-electron chi connectivity index (χ4n) is 1.30. The van der Waals surface area contributed by atoms with Gasteiger partial charge in [0, 0.05) is 6.04 Å². The Morgan fingerprint density at radius 2 is 1.94 bits per heavy atom. The normalized spacial score (nSPS) is 12.8. The van der Waals surface area contributed by atoms with E-state index < -0.39 is 17.5 Å². The molecule has 0 fully saturated rings. The highest BCUT2D eigenvalue weighted by Gasteiger charge is 2.16. The van der Waals surface area contributed by atoms with Gasteiger partial charge in [0.05, 0.1) is 11.9 Å². The summed E-state index contributed by atoms with van der Waals surface area (Å²) in [7, 11) is 0. The molecule has 2 aromatic rings. The van der Waals surface area contributed by atoms with E-state index in [0.29, 0.717) is 5.69 Å². The average molecular weight is 242 g/mol. The van der Waals surface area contributed by atoms with E-state index in [-0.39, 0.29) is 11.7 Å². The highest BCUT2D eigenvalue weighted by Crippen LogP contribution is 2.18. The van der Waals surface area contributed by atoms with Crippen molar-refractivity contribution in [2.75, 3.05) is 0 Å². The lowest BCUT2D eigenvalue weighted by Crippen LogP contribution is -2.05. The molecule has 4 nitrogen and oxygen atoms in total. The molecule has 0 radical (unpaired) electrons. The molecule has 7 heteroatoms. The Kier molecular flexibility index (Phi) is 2.84. The SMILES string of the molecule is CC(N)c1cn(-c2ccc(F)c(F)c2F)nn1. The third kappa shape index (κ3) is 2.01. The number of rotatable bonds is 2. The molecule has 0 aliphatic rings. The van der Waals surface area contributed by atoms with Gasteiger partial charge in [-0.3, -0.25) is 0 Å². The lowest BCUT2D eigenvalue weighted by atomic mass is 10.2. The second kappa shape index (κ2) is 4.17. The third-order valence-corrected chi connectivity index (χ3v) is 2.24. The first kappa shape index (κ1) is 11.6. The molecule has 1 unspecified atom stereocenters. The van der Waals surface area contributed by atoms with Gasteiger partial charge in [0.25, 0.3) is 0 Å². The summed E-state index contributed by atoms with van der Waals surface area (Å²) in [6.45, 7) is 1.68. The van der Waals surface area contributed by atoms with E-state index in [0.717, 1.165) is 16.8 Å². The topological polar surface area (TPSA) is 56.7 Å². The fourth-order valence-corrected chi connectivity index (χ4v) is 1.30. The van der Waals surface area contributed by atoms with Crippen molar-refractivity contribution in [1.29, 1.82) is 0 Å². The molecule has 0 aliphatic carbocycles. The summed E-state index contributed by atoms with van der Waals surface area (Å²) in [6, 6.07) is 1.52. The minimum Gasteiger partial charge on any atom is -0.323 e. The standard InChI is InChI=1S/C10H9F3N4/c1-5(14)7-4-17(16-15-7)8-3-2-6(11)9(12)10(8)13/h2-5H,14H2,1H3. The van der Waals surface area contributed by atoms with E-state index >= 15 is 0 Å². The molecule has 0 bridgehead atoms. The summed E-state index contributed by atoms with van der Waals surface area (Å²) in [5.41, 5.74) is 5.76. The fraction of sp³-hybridized carbons (Fsp3) is 0.200. The van der Waals surface area contributed by atoms with Crippen LogP contribution in [0.5, 0.6) is 0 Å². The lowest BCUT2D eigenvalue weighted by Gasteiger charge is -2.03. The quantitative estimate of drug-likeness (QED) is 0.815. The molecule has 1 atom stereocenters. The van der Waals surface area contributed by atoms with E-state index in [1.54, 1.807) is 6.92 Å². The second-order valence-corrected chi connectivity index (χ2v) is 3.57. The molecule has 0 saturated heterocycles. The summed E-state index contributed by atoms with van der Waals surface area (Å²) in [4.78, 5) is 0. The molecule has 0 spiro atoms. The van der Waals surface area contributed by atoms with Crippen LogP contribution in [0.4, 0.5) is 13.2 Å². The van der Waals surface area contributed by atoms with Gasteiger partial charge >= 0.3 is 0 Å². The van der Waals surface area contributed by atoms with Gasteiger partial charge in [-0.25, -0.2) is 17.9 Å². The molecule has 0 amide bonds. The predicted octanol–water partition coefficient (Wildman–Crippen LogP) is 1.70. The van der Waals surface area contributed by atoms with E-state index in [9.17, 15) is 13.2 Å². The van der Waals surface area contributed by atoms with E-state index in [1.807, 2.05) is 0 Å². The summed E-state index contributed by atoms with van der Waals surface area (Å²) in [5, 5.41) is 7.29. The van der Waals surface area contributed by atoms with Gasteiger partial charge in [-0.05, 0) is 19.1 Å². The van der Waals surface area contributed by atoms with Gasteiger partial charge in [-0.2, -0.15) is 0 Å². The van der Waals surface area contributed by atoms with Crippen molar-refractivity contribution in [3.05, 3.63) is 41.5 Å². The predicted molar refractivity (Wildman–Crippen MR) is 53.8 cm³/mol. The Bertz CT molecular complexity index is 550. The molecule has 1 aromatic heterocycles. The van der Waals surface area contributed by atoms with Gasteiger partial charge in [0.2, 0.25) is 0 Å². The zero-order valence-corrected chi connectivity index (χ0v) is 8.86. The Morgan fingerprint density at radius 1 is 1.24 bits per heavy atom. The minimum atomic E-state index is -1.54. The third-order valence-electron chi connectivity index (χ3n) is 2.24. The summed E-state index contributed by atoms with van der Waals surface area (Å²) in [6.07, 6.45) is 1.36. The number of hydrogen-bond donors (Lipinski definition) is 1. The summed E-state index contributed by atoms with van der Waals surface area (Å²) in [5.74, 6) is -4.11. The molecule has 2 rings (SSSR count). The molecule has 17 heavy (non-hydrogen) atoms. The second-order valence-electron chi connectivity index (χ2n) is 3.57. The summed E-state index contributed by atoms with van der Waals surface area (Å²) < 4.78 is 40.2. The molecule has 1 heterocycles. The van der Waals surface area contributed by atoms with Crippen LogP contribution in [0, 0.1) is 17.5 Å². The average Bonchev–Trinajstić information content (AvgIpc) is 2.75. The van der Waals surface area contributed by atoms with Crippen molar-refractivity contribution in [2.24, 2.45) is 5.73 Å². The van der Waals surface area contributed by atoms with Crippen LogP contribution in [0.15, 0.2) is 18.3 Å². The molecular formula is C10H9F3N4. The van der Waals surface area contributed by atoms with Gasteiger partial charge in [-0.15, -0.1) is 5.10 Å². The lowest BCUT2D eigenvalue weighted by molar-refractivity contribution is 0.442. The highest BCUT2D eigenvalue weighted by atomic mass is 19.2. The molecule has 0 saturated carbocycles. The van der Waals surface area contributed by atoms with E-state index in [1.165, 1.54) is 6.20 Å². The van der Waals surface area contributed by atoms with Crippen LogP contribution in [-0.2, 0) is 0 Å². The first-order valence-electron chi connectivity index (χ1n) is 4.82. The molecule has 2 N–H and O–H groups in total. The number of nitrogens with zero attached hydrogens (tertiary/aromatic N) is 3. The van der Waals surface area contributed by atoms with Crippen molar-refractivity contribution >= 4 is 0 Å². The van der Waals surface area contributed by atoms with Crippen molar-refractivity contribution in [3.63, 3.8) is 0 Å². The number of hydrogen-bond acceptors (Lipinski definition) is 3. The Labute approximate surface area is 94.9 Å². The zero-order chi connectivity index (χ0) is 12.6. The van der Waals surface area contributed by atoms with Crippen molar-refractivity contribution < 1.29 is 13.2 Å². The van der Waals surface area contributed by atoms with Crippen LogP contribution in [-0.4, -0.2) is 15.0 Å². The maximum atomic E-state index is 13.4. The monoisotopic (exact) mass is 242 g/mol. The van der Waals surface area contributed by atoms with E-state index in [2.05, 4.69) is 10.3 Å². The first-order chi connectivity index (χ1) is 8.00. The zero-order valence-electron chi connectivity index (χ0n) is 8.86. The van der Waals surface area contributed by atoms with Crippen molar-refractivity contribution in [3.8, 4) is 5.69 Å². The van der Waals surface area contributed by atoms with Gasteiger partial charge in [0.1, 0.15) is 5.69 Å². The van der Waals surface area contributed by atoms with Crippen molar-refractivity contribution in [2.45, 2.75) is 13.0 Å². The minimum absolute atomic E-state index is 0.219. The maximum absolute atomic E-state index is 13.4. The van der Waals surface area contributed by atoms with E-state index in [4.69, 9.17) is 5.73 Å². The van der Waals surface area contributed by atoms with Crippen LogP contribution in [0.2, 0.25) is 0 Å². The number of benzene rings is 1. The van der Waals surface area contributed by atoms with Gasteiger partial charge in [-0.1, -0.05) is 5.21 Å². The Morgan fingerprint density at radius 3 is 2.53 bits per heavy atom. The van der Waals surface area contributed by atoms with Gasteiger partial charge in [0.15, 0.2) is 17.5 Å².